The molecule has 0 radical (unpaired) electrons. The average molecular weight is 386 g/mol. The summed E-state index contributed by atoms with van der Waals surface area (Å²) >= 11 is 0. The van der Waals surface area contributed by atoms with Gasteiger partial charge in [-0.25, -0.2) is 4.98 Å². The molecule has 3 rings (SSSR count). The summed E-state index contributed by atoms with van der Waals surface area (Å²) in [5, 5.41) is 3.06. The highest BCUT2D eigenvalue weighted by Crippen LogP contribution is 2.33. The summed E-state index contributed by atoms with van der Waals surface area (Å²) in [6.07, 6.45) is 5.46. The lowest BCUT2D eigenvalue weighted by Crippen LogP contribution is -2.40. The molecule has 154 valence electrons. The lowest BCUT2D eigenvalue weighted by molar-refractivity contribution is 0.0919. The quantitative estimate of drug-likeness (QED) is 0.758. The molecule has 0 spiro atoms. The van der Waals surface area contributed by atoms with E-state index in [-0.39, 0.29) is 11.4 Å². The fourth-order valence-electron chi connectivity index (χ4n) is 3.42. The Hall–Kier alpha value is -2.08. The summed E-state index contributed by atoms with van der Waals surface area (Å²) in [7, 11) is 4.22. The van der Waals surface area contributed by atoms with E-state index in [0.29, 0.717) is 5.56 Å². The van der Waals surface area contributed by atoms with E-state index in [1.54, 1.807) is 0 Å². The Balaban J connectivity index is 2.00. The van der Waals surface area contributed by atoms with Crippen LogP contribution in [0.4, 0.5) is 5.82 Å². The molecule has 1 amide bonds. The minimum Gasteiger partial charge on any atom is -0.355 e. The number of hydrogen-bond donors (Lipinski definition) is 1. The first-order valence-electron chi connectivity index (χ1n) is 10.4. The van der Waals surface area contributed by atoms with Crippen molar-refractivity contribution in [1.29, 1.82) is 0 Å². The summed E-state index contributed by atoms with van der Waals surface area (Å²) in [4.78, 5) is 22.3. The van der Waals surface area contributed by atoms with Gasteiger partial charge in [-0.15, -0.1) is 0 Å². The van der Waals surface area contributed by atoms with E-state index in [1.807, 2.05) is 39.1 Å². The van der Waals surface area contributed by atoms with Gasteiger partial charge in [0.05, 0.1) is 11.3 Å². The average Bonchev–Trinajstić information content (AvgIpc) is 3.34. The Kier molecular flexibility index (Phi) is 5.98. The Labute approximate surface area is 168 Å². The van der Waals surface area contributed by atoms with Crippen LogP contribution in [0.2, 0.25) is 0 Å². The highest BCUT2D eigenvalue weighted by atomic mass is 16.1. The van der Waals surface area contributed by atoms with Gasteiger partial charge in [-0.3, -0.25) is 9.20 Å². The topological polar surface area (TPSA) is 52.9 Å². The maximum absolute atomic E-state index is 12.7. The fourth-order valence-corrected chi connectivity index (χ4v) is 3.42. The number of nitrogens with one attached hydrogen (secondary N) is 1. The summed E-state index contributed by atoms with van der Waals surface area (Å²) in [5.41, 5.74) is 2.42. The Morgan fingerprint density at radius 1 is 1.25 bits per heavy atom. The number of aromatic nitrogens is 2. The summed E-state index contributed by atoms with van der Waals surface area (Å²) < 4.78 is 2.12. The molecule has 1 aliphatic carbocycles. The molecule has 0 atom stereocenters. The summed E-state index contributed by atoms with van der Waals surface area (Å²) in [5.74, 6) is 1.88. The molecule has 0 aromatic carbocycles. The first-order chi connectivity index (χ1) is 13.2. The van der Waals surface area contributed by atoms with E-state index in [4.69, 9.17) is 4.98 Å². The largest absolute Gasteiger partial charge is 0.355 e. The molecule has 0 unspecified atom stereocenters. The second-order valence-electron chi connectivity index (χ2n) is 9.28. The molecule has 1 aliphatic rings. The van der Waals surface area contributed by atoms with Crippen LogP contribution in [-0.4, -0.2) is 59.5 Å². The van der Waals surface area contributed by atoms with Gasteiger partial charge in [-0.05, 0) is 72.2 Å². The van der Waals surface area contributed by atoms with Gasteiger partial charge in [-0.2, -0.15) is 0 Å². The summed E-state index contributed by atoms with van der Waals surface area (Å²) in [6.45, 7) is 11.2. The number of fused-ring (bicyclic) bond motifs is 1. The molecular weight excluding hydrogens is 350 g/mol. The number of pyridine rings is 1. The maximum Gasteiger partial charge on any atom is 0.253 e. The first kappa shape index (κ1) is 20.6. The van der Waals surface area contributed by atoms with Gasteiger partial charge >= 0.3 is 0 Å². The van der Waals surface area contributed by atoms with Gasteiger partial charge in [0.25, 0.3) is 5.91 Å². The van der Waals surface area contributed by atoms with Gasteiger partial charge in [0.1, 0.15) is 11.5 Å². The van der Waals surface area contributed by atoms with Crippen molar-refractivity contribution in [2.45, 2.75) is 52.5 Å². The van der Waals surface area contributed by atoms with Crippen LogP contribution in [0.15, 0.2) is 18.3 Å². The van der Waals surface area contributed by atoms with Gasteiger partial charge < -0.3 is 15.1 Å². The van der Waals surface area contributed by atoms with Crippen molar-refractivity contribution < 1.29 is 4.79 Å². The second-order valence-corrected chi connectivity index (χ2v) is 9.28. The van der Waals surface area contributed by atoms with Crippen molar-refractivity contribution in [3.8, 4) is 0 Å². The number of carbonyl (C=O) groups excluding carboxylic acids is 1. The van der Waals surface area contributed by atoms with Crippen LogP contribution in [0, 0.1) is 5.92 Å². The normalized spacial score (nSPS) is 14.7. The number of hydrogen-bond acceptors (Lipinski definition) is 4. The third-order valence-electron chi connectivity index (χ3n) is 5.04. The fraction of sp³-hybridized carbons (Fsp3) is 0.636. The molecule has 1 N–H and O–H groups in total. The molecule has 6 heteroatoms. The molecule has 6 nitrogen and oxygen atoms in total. The third kappa shape index (κ3) is 5.04. The zero-order valence-electron chi connectivity index (χ0n) is 18.2. The zero-order valence-corrected chi connectivity index (χ0v) is 18.2. The lowest BCUT2D eigenvalue weighted by atomic mass is 10.1. The van der Waals surface area contributed by atoms with E-state index in [1.165, 1.54) is 12.8 Å². The van der Waals surface area contributed by atoms with Crippen molar-refractivity contribution in [3.05, 3.63) is 29.6 Å². The minimum absolute atomic E-state index is 0.0471. The number of nitrogens with zero attached hydrogens (tertiary/aromatic N) is 4. The molecule has 1 fully saturated rings. The lowest BCUT2D eigenvalue weighted by Gasteiger charge is -2.27. The van der Waals surface area contributed by atoms with Crippen molar-refractivity contribution >= 4 is 17.4 Å². The van der Waals surface area contributed by atoms with Gasteiger partial charge in [0, 0.05) is 31.4 Å². The standard InChI is InChI=1S/C22H35N5O/c1-7-18-21(26(13-12-25(5)6)14-16-8-9-16)27-15-17(10-11-19(27)23-18)20(28)24-22(2,3)4/h10-11,15-16H,7-9,12-14H2,1-6H3,(H,24,28). The molecule has 0 bridgehead atoms. The number of amides is 1. The third-order valence-corrected chi connectivity index (χ3v) is 5.04. The van der Waals surface area contributed by atoms with E-state index in [9.17, 15) is 4.79 Å². The van der Waals surface area contributed by atoms with Gasteiger partial charge in [0.2, 0.25) is 0 Å². The number of carbonyl (C=O) groups is 1. The van der Waals surface area contributed by atoms with Crippen molar-refractivity contribution in [2.75, 3.05) is 38.6 Å². The number of anilines is 1. The van der Waals surface area contributed by atoms with E-state index in [0.717, 1.165) is 49.1 Å². The zero-order chi connectivity index (χ0) is 20.5. The molecule has 0 aliphatic heterocycles. The molecule has 28 heavy (non-hydrogen) atoms. The number of likely N-dealkylation sites (N-methyl/N-ethyl adjacent to an activating group) is 1. The van der Waals surface area contributed by atoms with E-state index < -0.39 is 0 Å². The van der Waals surface area contributed by atoms with Crippen LogP contribution in [0.25, 0.3) is 5.65 Å². The van der Waals surface area contributed by atoms with Crippen LogP contribution < -0.4 is 10.2 Å². The summed E-state index contributed by atoms with van der Waals surface area (Å²) in [6, 6.07) is 3.83. The van der Waals surface area contributed by atoms with Crippen molar-refractivity contribution in [3.63, 3.8) is 0 Å². The maximum atomic E-state index is 12.7. The molecule has 2 heterocycles. The number of imidazole rings is 1. The highest BCUT2D eigenvalue weighted by molar-refractivity contribution is 5.94. The minimum atomic E-state index is -0.262. The SMILES string of the molecule is CCc1nc2ccc(C(=O)NC(C)(C)C)cn2c1N(CCN(C)C)CC1CC1. The predicted octanol–water partition coefficient (Wildman–Crippen LogP) is 3.20. The monoisotopic (exact) mass is 385 g/mol. The first-order valence-corrected chi connectivity index (χ1v) is 10.4. The van der Waals surface area contributed by atoms with Crippen molar-refractivity contribution in [2.24, 2.45) is 5.92 Å². The van der Waals surface area contributed by atoms with Gasteiger partial charge in [0.15, 0.2) is 0 Å². The van der Waals surface area contributed by atoms with Crippen LogP contribution in [-0.2, 0) is 6.42 Å². The van der Waals surface area contributed by atoms with Crippen LogP contribution in [0.5, 0.6) is 0 Å². The Morgan fingerprint density at radius 3 is 2.54 bits per heavy atom. The second kappa shape index (κ2) is 8.11. The molecule has 1 saturated carbocycles. The van der Waals surface area contributed by atoms with Gasteiger partial charge in [-0.1, -0.05) is 6.92 Å². The Bertz CT molecular complexity index is 829. The predicted molar refractivity (Wildman–Crippen MR) is 115 cm³/mol. The molecular formula is C22H35N5O. The molecule has 0 saturated heterocycles. The van der Waals surface area contributed by atoms with Crippen LogP contribution in [0.3, 0.4) is 0 Å². The molecule has 2 aromatic rings. The van der Waals surface area contributed by atoms with E-state index in [2.05, 4.69) is 40.5 Å². The Morgan fingerprint density at radius 2 is 1.96 bits per heavy atom. The van der Waals surface area contributed by atoms with E-state index >= 15 is 0 Å². The highest BCUT2D eigenvalue weighted by Gasteiger charge is 2.27. The smallest absolute Gasteiger partial charge is 0.253 e. The van der Waals surface area contributed by atoms with Crippen LogP contribution in [0.1, 0.15) is 56.6 Å². The number of rotatable bonds is 8. The van der Waals surface area contributed by atoms with Crippen LogP contribution >= 0.6 is 0 Å². The molecule has 2 aromatic heterocycles. The number of aryl methyl sites for hydroxylation is 1. The van der Waals surface area contributed by atoms with Crippen molar-refractivity contribution in [1.82, 2.24) is 19.6 Å².